The van der Waals surface area contributed by atoms with E-state index in [1.54, 1.807) is 6.20 Å². The molecule has 0 amide bonds. The summed E-state index contributed by atoms with van der Waals surface area (Å²) >= 11 is 0. The molecule has 5 rings (SSSR count). The van der Waals surface area contributed by atoms with Gasteiger partial charge in [0.2, 0.25) is 0 Å². The molecule has 0 aliphatic rings. The lowest BCUT2D eigenvalue weighted by molar-refractivity contribution is -0.141. The molecule has 4 nitrogen and oxygen atoms in total. The number of para-hydroxylation sites is 1. The van der Waals surface area contributed by atoms with Crippen LogP contribution in [0.2, 0.25) is 0 Å². The second-order valence-electron chi connectivity index (χ2n) is 7.14. The second kappa shape index (κ2) is 7.85. The molecule has 0 N–H and O–H groups in total. The minimum Gasteiger partial charge on any atom is -0.251 e. The smallest absolute Gasteiger partial charge is 0.251 e. The van der Waals surface area contributed by atoms with Gasteiger partial charge in [-0.15, -0.1) is 0 Å². The van der Waals surface area contributed by atoms with E-state index < -0.39 is 11.9 Å². The highest BCUT2D eigenvalue weighted by Crippen LogP contribution is 2.32. The summed E-state index contributed by atoms with van der Waals surface area (Å²) in [6, 6.07) is 23.5. The van der Waals surface area contributed by atoms with Gasteiger partial charge in [-0.1, -0.05) is 54.6 Å². The van der Waals surface area contributed by atoms with Crippen molar-refractivity contribution in [1.29, 1.82) is 0 Å². The molecule has 0 spiro atoms. The lowest BCUT2D eigenvalue weighted by Gasteiger charge is -2.12. The van der Waals surface area contributed by atoms with Crippen molar-refractivity contribution in [2.75, 3.05) is 0 Å². The van der Waals surface area contributed by atoms with Crippen LogP contribution in [0, 0.1) is 0 Å². The predicted octanol–water partition coefficient (Wildman–Crippen LogP) is 6.44. The van der Waals surface area contributed by atoms with Gasteiger partial charge >= 0.3 is 6.18 Å². The van der Waals surface area contributed by atoms with Gasteiger partial charge in [0.25, 0.3) is 0 Å². The van der Waals surface area contributed by atoms with Gasteiger partial charge in [0.05, 0.1) is 16.9 Å². The molecule has 32 heavy (non-hydrogen) atoms. The van der Waals surface area contributed by atoms with Crippen molar-refractivity contribution in [2.24, 2.45) is 0 Å². The average Bonchev–Trinajstić information content (AvgIpc) is 2.83. The van der Waals surface area contributed by atoms with E-state index in [1.807, 2.05) is 66.7 Å². The largest absolute Gasteiger partial charge is 0.433 e. The van der Waals surface area contributed by atoms with E-state index in [0.717, 1.165) is 34.3 Å². The Labute approximate surface area is 181 Å². The van der Waals surface area contributed by atoms with Gasteiger partial charge in [0.1, 0.15) is 5.69 Å². The summed E-state index contributed by atoms with van der Waals surface area (Å²) < 4.78 is 38.6. The minimum absolute atomic E-state index is 0.287. The average molecular weight is 428 g/mol. The topological polar surface area (TPSA) is 51.6 Å². The van der Waals surface area contributed by atoms with Crippen molar-refractivity contribution in [3.05, 3.63) is 97.0 Å². The van der Waals surface area contributed by atoms with Crippen LogP contribution in [0.15, 0.2) is 91.3 Å². The monoisotopic (exact) mass is 428 g/mol. The summed E-state index contributed by atoms with van der Waals surface area (Å²) in [5.74, 6) is 0.287. The molecule has 3 aromatic heterocycles. The first-order chi connectivity index (χ1) is 15.5. The fraction of sp³-hybridized carbons (Fsp3) is 0.0400. The van der Waals surface area contributed by atoms with E-state index in [4.69, 9.17) is 4.98 Å². The number of halogens is 3. The van der Waals surface area contributed by atoms with Gasteiger partial charge in [-0.25, -0.2) is 15.0 Å². The molecule has 0 saturated heterocycles. The molecule has 0 radical (unpaired) electrons. The van der Waals surface area contributed by atoms with E-state index in [1.165, 1.54) is 6.07 Å². The summed E-state index contributed by atoms with van der Waals surface area (Å²) in [5, 5.41) is 1.02. The summed E-state index contributed by atoms with van der Waals surface area (Å²) in [7, 11) is 0. The molecule has 0 saturated carbocycles. The molecular formula is C25H15F3N4. The van der Waals surface area contributed by atoms with Crippen LogP contribution >= 0.6 is 0 Å². The van der Waals surface area contributed by atoms with E-state index in [9.17, 15) is 13.2 Å². The van der Waals surface area contributed by atoms with Crippen LogP contribution < -0.4 is 0 Å². The van der Waals surface area contributed by atoms with Gasteiger partial charge in [-0.2, -0.15) is 13.2 Å². The Kier molecular flexibility index (Phi) is 4.86. The number of alkyl halides is 3. The summed E-state index contributed by atoms with van der Waals surface area (Å²) in [5.41, 5.74) is 3.21. The third kappa shape index (κ3) is 3.80. The minimum atomic E-state index is -4.50. The Morgan fingerprint density at radius 3 is 2.16 bits per heavy atom. The Bertz CT molecular complexity index is 1400. The molecule has 0 aliphatic heterocycles. The number of rotatable bonds is 3. The van der Waals surface area contributed by atoms with E-state index in [-0.39, 0.29) is 5.82 Å². The van der Waals surface area contributed by atoms with Gasteiger partial charge in [-0.05, 0) is 24.3 Å². The molecular weight excluding hydrogens is 413 g/mol. The van der Waals surface area contributed by atoms with Crippen LogP contribution in [0.1, 0.15) is 5.69 Å². The Morgan fingerprint density at radius 2 is 1.41 bits per heavy atom. The van der Waals surface area contributed by atoms with Crippen LogP contribution in [0.4, 0.5) is 13.2 Å². The number of benzene rings is 2. The lowest BCUT2D eigenvalue weighted by Crippen LogP contribution is -2.07. The number of hydrogen-bond acceptors (Lipinski definition) is 4. The van der Waals surface area contributed by atoms with Crippen molar-refractivity contribution in [2.45, 2.75) is 6.18 Å². The molecule has 0 atom stereocenters. The van der Waals surface area contributed by atoms with Gasteiger partial charge in [-0.3, -0.25) is 4.98 Å². The van der Waals surface area contributed by atoms with Crippen LogP contribution in [-0.4, -0.2) is 19.9 Å². The van der Waals surface area contributed by atoms with Gasteiger partial charge in [0.15, 0.2) is 5.82 Å². The molecule has 0 fully saturated rings. The third-order valence-electron chi connectivity index (χ3n) is 5.02. The van der Waals surface area contributed by atoms with Crippen molar-refractivity contribution < 1.29 is 13.2 Å². The molecule has 0 aliphatic carbocycles. The first-order valence-corrected chi connectivity index (χ1v) is 9.81. The van der Waals surface area contributed by atoms with Crippen LogP contribution in [0.3, 0.4) is 0 Å². The molecule has 156 valence electrons. The van der Waals surface area contributed by atoms with Crippen molar-refractivity contribution >= 4 is 10.9 Å². The zero-order valence-electron chi connectivity index (χ0n) is 16.6. The third-order valence-corrected chi connectivity index (χ3v) is 5.02. The SMILES string of the molecule is FC(F)(F)c1ccc(-c2ncc(-c3ccc4ccccc4n3)c(-c3ccccc3)n2)cn1. The van der Waals surface area contributed by atoms with E-state index in [0.29, 0.717) is 17.0 Å². The van der Waals surface area contributed by atoms with Crippen LogP contribution in [0.25, 0.3) is 44.8 Å². The summed E-state index contributed by atoms with van der Waals surface area (Å²) in [4.78, 5) is 17.4. The number of aromatic nitrogens is 4. The fourth-order valence-electron chi connectivity index (χ4n) is 3.43. The van der Waals surface area contributed by atoms with Crippen LogP contribution in [0.5, 0.6) is 0 Å². The van der Waals surface area contributed by atoms with Crippen LogP contribution in [-0.2, 0) is 6.18 Å². The quantitative estimate of drug-likeness (QED) is 0.332. The number of nitrogens with zero attached hydrogens (tertiary/aromatic N) is 4. The number of pyridine rings is 2. The maximum atomic E-state index is 12.9. The standard InChI is InChI=1S/C25H15F3N4/c26-25(27,28)22-13-11-18(14-29-22)24-30-15-19(23(32-24)17-7-2-1-3-8-17)21-12-10-16-6-4-5-9-20(16)31-21/h1-15H. The Balaban J connectivity index is 1.64. The molecule has 0 unspecified atom stereocenters. The first kappa shape index (κ1) is 19.8. The predicted molar refractivity (Wildman–Crippen MR) is 116 cm³/mol. The van der Waals surface area contributed by atoms with Gasteiger partial charge < -0.3 is 0 Å². The summed E-state index contributed by atoms with van der Waals surface area (Å²) in [6.45, 7) is 0. The van der Waals surface area contributed by atoms with Crippen molar-refractivity contribution in [1.82, 2.24) is 19.9 Å². The van der Waals surface area contributed by atoms with Gasteiger partial charge in [0, 0.05) is 34.5 Å². The Hall–Kier alpha value is -4.13. The van der Waals surface area contributed by atoms with Crippen molar-refractivity contribution in [3.8, 4) is 33.9 Å². The lowest BCUT2D eigenvalue weighted by atomic mass is 10.0. The van der Waals surface area contributed by atoms with E-state index >= 15 is 0 Å². The molecule has 0 bridgehead atoms. The molecule has 2 aromatic carbocycles. The zero-order valence-corrected chi connectivity index (χ0v) is 16.6. The molecule has 7 heteroatoms. The fourth-order valence-corrected chi connectivity index (χ4v) is 3.43. The molecule has 5 aromatic rings. The first-order valence-electron chi connectivity index (χ1n) is 9.81. The highest BCUT2D eigenvalue weighted by Gasteiger charge is 2.32. The highest BCUT2D eigenvalue weighted by molar-refractivity contribution is 5.85. The van der Waals surface area contributed by atoms with E-state index in [2.05, 4.69) is 15.0 Å². The maximum Gasteiger partial charge on any atom is 0.433 e. The zero-order chi connectivity index (χ0) is 22.1. The highest BCUT2D eigenvalue weighted by atomic mass is 19.4. The number of fused-ring (bicyclic) bond motifs is 1. The Morgan fingerprint density at radius 1 is 0.625 bits per heavy atom. The summed E-state index contributed by atoms with van der Waals surface area (Å²) in [6.07, 6.45) is -1.71. The normalized spacial score (nSPS) is 11.6. The second-order valence-corrected chi connectivity index (χ2v) is 7.14. The maximum absolute atomic E-state index is 12.9. The van der Waals surface area contributed by atoms with Crippen molar-refractivity contribution in [3.63, 3.8) is 0 Å². The molecule has 3 heterocycles. The number of hydrogen-bond donors (Lipinski definition) is 0.